The van der Waals surface area contributed by atoms with Gasteiger partial charge in [0.25, 0.3) is 0 Å². The Kier molecular flexibility index (Phi) is 7.29. The van der Waals surface area contributed by atoms with Crippen LogP contribution in [0, 0.1) is 17.7 Å². The summed E-state index contributed by atoms with van der Waals surface area (Å²) in [6.45, 7) is 5.02. The van der Waals surface area contributed by atoms with Gasteiger partial charge >= 0.3 is 6.09 Å². The largest absolute Gasteiger partial charge is 0.427 e. The Labute approximate surface area is 236 Å². The zero-order chi connectivity index (χ0) is 27.8. The summed E-state index contributed by atoms with van der Waals surface area (Å²) < 4.78 is 16.2. The van der Waals surface area contributed by atoms with Crippen LogP contribution < -0.4 is 16.1 Å². The molecule has 2 aromatic carbocycles. The molecule has 0 spiro atoms. The van der Waals surface area contributed by atoms with E-state index >= 15 is 0 Å². The van der Waals surface area contributed by atoms with Crippen LogP contribution in [0.3, 0.4) is 0 Å². The number of hydroxylamine groups is 1. The fourth-order valence-corrected chi connectivity index (χ4v) is 5.73. The van der Waals surface area contributed by atoms with Gasteiger partial charge in [-0.05, 0) is 61.4 Å². The molecule has 1 amide bonds. The van der Waals surface area contributed by atoms with Crippen molar-refractivity contribution in [1.82, 2.24) is 30.3 Å². The van der Waals surface area contributed by atoms with E-state index in [9.17, 15) is 9.18 Å². The van der Waals surface area contributed by atoms with Gasteiger partial charge in [0, 0.05) is 17.1 Å². The number of rotatable bonds is 7. The monoisotopic (exact) mass is 563 g/mol. The van der Waals surface area contributed by atoms with Crippen molar-refractivity contribution in [3.63, 3.8) is 0 Å². The lowest BCUT2D eigenvalue weighted by Gasteiger charge is -2.27. The molecule has 1 saturated heterocycles. The van der Waals surface area contributed by atoms with Crippen molar-refractivity contribution in [3.8, 4) is 11.3 Å². The summed E-state index contributed by atoms with van der Waals surface area (Å²) in [6.07, 6.45) is 3.29. The number of carbonyl (C=O) groups excluding carboxylic acids is 1. The minimum atomic E-state index is -0.734. The van der Waals surface area contributed by atoms with E-state index in [4.69, 9.17) is 31.4 Å². The molecule has 2 fully saturated rings. The summed E-state index contributed by atoms with van der Waals surface area (Å²) in [6, 6.07) is 13.8. The SMILES string of the molecule is CC1CCC(Cn2c(N[C@@H](C)c3cccc(F)c3)nc3nc(C4NOC(=O)N4)nc(-c4cccc(Cl)c4)c32)CC1. The molecule has 40 heavy (non-hydrogen) atoms. The molecule has 1 unspecified atom stereocenters. The minimum Gasteiger partial charge on any atom is -0.351 e. The van der Waals surface area contributed by atoms with Crippen LogP contribution in [0.25, 0.3) is 22.4 Å². The van der Waals surface area contributed by atoms with E-state index in [0.717, 1.165) is 41.9 Å². The Hall–Kier alpha value is -3.76. The highest BCUT2D eigenvalue weighted by Crippen LogP contribution is 2.36. The van der Waals surface area contributed by atoms with Gasteiger partial charge in [-0.15, -0.1) is 5.48 Å². The summed E-state index contributed by atoms with van der Waals surface area (Å²) in [5, 5.41) is 6.75. The number of anilines is 1. The Balaban J connectivity index is 1.50. The number of nitrogens with one attached hydrogen (secondary N) is 3. The summed E-state index contributed by atoms with van der Waals surface area (Å²) >= 11 is 6.40. The first kappa shape index (κ1) is 26.5. The minimum absolute atomic E-state index is 0.219. The average molecular weight is 564 g/mol. The maximum Gasteiger partial charge on any atom is 0.427 e. The number of halogens is 2. The second-order valence-corrected chi connectivity index (χ2v) is 11.2. The number of amides is 1. The lowest BCUT2D eigenvalue weighted by atomic mass is 9.83. The first-order valence-corrected chi connectivity index (χ1v) is 14.0. The molecule has 2 aromatic heterocycles. The number of nitrogens with zero attached hydrogens (tertiary/aromatic N) is 4. The second kappa shape index (κ2) is 11.0. The number of imidazole rings is 1. The first-order chi connectivity index (χ1) is 19.3. The van der Waals surface area contributed by atoms with Crippen molar-refractivity contribution in [2.24, 2.45) is 11.8 Å². The smallest absolute Gasteiger partial charge is 0.351 e. The van der Waals surface area contributed by atoms with E-state index in [2.05, 4.69) is 27.6 Å². The normalized spacial score (nSPS) is 21.7. The van der Waals surface area contributed by atoms with Gasteiger partial charge in [-0.25, -0.2) is 19.2 Å². The van der Waals surface area contributed by atoms with Crippen molar-refractivity contribution in [2.75, 3.05) is 5.32 Å². The number of aromatic nitrogens is 4. The van der Waals surface area contributed by atoms with Gasteiger partial charge in [0.2, 0.25) is 5.95 Å². The fourth-order valence-electron chi connectivity index (χ4n) is 5.54. The lowest BCUT2D eigenvalue weighted by Crippen LogP contribution is -2.25. The molecule has 11 heteroatoms. The third-order valence-corrected chi connectivity index (χ3v) is 8.01. The second-order valence-electron chi connectivity index (χ2n) is 10.8. The molecule has 0 bridgehead atoms. The third kappa shape index (κ3) is 5.46. The molecule has 1 saturated carbocycles. The highest BCUT2D eigenvalue weighted by Gasteiger charge is 2.30. The number of fused-ring (bicyclic) bond motifs is 1. The zero-order valence-electron chi connectivity index (χ0n) is 22.3. The summed E-state index contributed by atoms with van der Waals surface area (Å²) in [5.74, 6) is 1.84. The molecule has 4 aromatic rings. The standard InChI is InChI=1S/C29H31ClFN7O2/c1-16-9-11-18(12-10-16)15-38-24-23(20-6-3-7-21(30)13-20)33-26(27-36-29(39)40-37-27)34-25(24)35-28(38)32-17(2)19-5-4-8-22(31)14-19/h3-8,13-14,16-18,27,37H,9-12,15H2,1-2H3,(H,36,39)(H,32,33,34,35)/t16?,17-,18?,27?/m0/s1. The van der Waals surface area contributed by atoms with E-state index in [1.807, 2.05) is 37.3 Å². The highest BCUT2D eigenvalue weighted by molar-refractivity contribution is 6.30. The van der Waals surface area contributed by atoms with Crippen LogP contribution in [0.5, 0.6) is 0 Å². The maximum atomic E-state index is 14.0. The average Bonchev–Trinajstić information content (AvgIpc) is 3.52. The van der Waals surface area contributed by atoms with Crippen molar-refractivity contribution in [1.29, 1.82) is 0 Å². The Bertz CT molecular complexity index is 1550. The van der Waals surface area contributed by atoms with Crippen LogP contribution in [-0.2, 0) is 11.4 Å². The molecule has 3 heterocycles. The van der Waals surface area contributed by atoms with E-state index in [1.165, 1.54) is 25.0 Å². The molecule has 2 atom stereocenters. The van der Waals surface area contributed by atoms with Gasteiger partial charge in [0.1, 0.15) is 17.0 Å². The van der Waals surface area contributed by atoms with Crippen molar-refractivity contribution < 1.29 is 14.0 Å². The Morgan fingerprint density at radius 1 is 1.12 bits per heavy atom. The molecule has 9 nitrogen and oxygen atoms in total. The molecule has 6 rings (SSSR count). The molecule has 2 aliphatic rings. The van der Waals surface area contributed by atoms with Crippen LogP contribution in [-0.4, -0.2) is 25.6 Å². The van der Waals surface area contributed by atoms with Gasteiger partial charge in [-0.1, -0.05) is 55.6 Å². The number of hydrogen-bond acceptors (Lipinski definition) is 7. The van der Waals surface area contributed by atoms with E-state index in [1.54, 1.807) is 6.07 Å². The summed E-state index contributed by atoms with van der Waals surface area (Å²) in [4.78, 5) is 31.2. The van der Waals surface area contributed by atoms with Gasteiger partial charge < -0.3 is 14.7 Å². The molecule has 1 aliphatic heterocycles. The van der Waals surface area contributed by atoms with Gasteiger partial charge in [-0.2, -0.15) is 4.98 Å². The zero-order valence-corrected chi connectivity index (χ0v) is 23.1. The van der Waals surface area contributed by atoms with Crippen LogP contribution in [0.2, 0.25) is 5.02 Å². The van der Waals surface area contributed by atoms with E-state index < -0.39 is 12.3 Å². The quantitative estimate of drug-likeness (QED) is 0.235. The van der Waals surface area contributed by atoms with Crippen LogP contribution in [0.1, 0.15) is 63.1 Å². The topological polar surface area (TPSA) is 106 Å². The van der Waals surface area contributed by atoms with Gasteiger partial charge in [0.15, 0.2) is 17.6 Å². The van der Waals surface area contributed by atoms with Gasteiger partial charge in [-0.3, -0.25) is 5.32 Å². The Morgan fingerprint density at radius 2 is 1.93 bits per heavy atom. The summed E-state index contributed by atoms with van der Waals surface area (Å²) in [5.41, 5.74) is 6.13. The number of hydrogen-bond donors (Lipinski definition) is 3. The molecule has 3 N–H and O–H groups in total. The lowest BCUT2D eigenvalue weighted by molar-refractivity contribution is 0.120. The molecular formula is C29H31ClFN7O2. The fraction of sp³-hybridized carbons (Fsp3) is 0.379. The molecule has 0 radical (unpaired) electrons. The summed E-state index contributed by atoms with van der Waals surface area (Å²) in [7, 11) is 0. The van der Waals surface area contributed by atoms with Gasteiger partial charge in [0.05, 0.1) is 6.04 Å². The maximum absolute atomic E-state index is 14.0. The predicted molar refractivity (Wildman–Crippen MR) is 151 cm³/mol. The van der Waals surface area contributed by atoms with Crippen molar-refractivity contribution in [2.45, 2.75) is 58.3 Å². The van der Waals surface area contributed by atoms with Crippen LogP contribution >= 0.6 is 11.6 Å². The van der Waals surface area contributed by atoms with Crippen molar-refractivity contribution in [3.05, 3.63) is 70.8 Å². The highest BCUT2D eigenvalue weighted by atomic mass is 35.5. The number of benzene rings is 2. The molecular weight excluding hydrogens is 533 g/mol. The third-order valence-electron chi connectivity index (χ3n) is 7.78. The van der Waals surface area contributed by atoms with E-state index in [-0.39, 0.29) is 11.9 Å². The Morgan fingerprint density at radius 3 is 2.65 bits per heavy atom. The molecule has 1 aliphatic carbocycles. The van der Waals surface area contributed by atoms with Crippen LogP contribution in [0.15, 0.2) is 48.5 Å². The van der Waals surface area contributed by atoms with Crippen LogP contribution in [0.4, 0.5) is 15.1 Å². The van der Waals surface area contributed by atoms with Crippen molar-refractivity contribution >= 4 is 34.8 Å². The van der Waals surface area contributed by atoms with E-state index in [0.29, 0.717) is 34.1 Å². The number of carbonyl (C=O) groups is 1. The predicted octanol–water partition coefficient (Wildman–Crippen LogP) is 6.53. The molecule has 208 valence electrons. The first-order valence-electron chi connectivity index (χ1n) is 13.6.